The Hall–Kier alpha value is -4.96. The van der Waals surface area contributed by atoms with E-state index in [0.29, 0.717) is 18.0 Å². The van der Waals surface area contributed by atoms with Gasteiger partial charge in [0.25, 0.3) is 0 Å². The largest absolute Gasteiger partial charge is 0.352 e. The van der Waals surface area contributed by atoms with E-state index in [0.717, 1.165) is 81.5 Å². The number of fused-ring (bicyclic) bond motifs is 2. The van der Waals surface area contributed by atoms with Gasteiger partial charge in [-0.15, -0.1) is 0 Å². The maximum Gasteiger partial charge on any atom is 0.224 e. The highest BCUT2D eigenvalue weighted by molar-refractivity contribution is 6.01. The second-order valence-electron chi connectivity index (χ2n) is 10.2. The van der Waals surface area contributed by atoms with Gasteiger partial charge < -0.3 is 15.6 Å². The molecule has 4 N–H and O–H groups in total. The summed E-state index contributed by atoms with van der Waals surface area (Å²) in [5, 5.41) is 16.0. The lowest BCUT2D eigenvalue weighted by atomic mass is 9.94. The van der Waals surface area contributed by atoms with Gasteiger partial charge in [0.1, 0.15) is 5.69 Å². The molecule has 10 nitrogen and oxygen atoms in total. The van der Waals surface area contributed by atoms with Gasteiger partial charge in [0.05, 0.1) is 46.7 Å². The summed E-state index contributed by atoms with van der Waals surface area (Å²) in [6.45, 7) is 1.95. The molecule has 40 heavy (non-hydrogen) atoms. The van der Waals surface area contributed by atoms with Crippen molar-refractivity contribution in [2.24, 2.45) is 5.92 Å². The van der Waals surface area contributed by atoms with Crippen molar-refractivity contribution >= 4 is 33.4 Å². The highest BCUT2D eigenvalue weighted by Crippen LogP contribution is 2.34. The molecule has 0 atom stereocenters. The summed E-state index contributed by atoms with van der Waals surface area (Å²) in [7, 11) is 0. The standard InChI is InChI=1S/C30H27N9O/c40-29(9-18-1-5-31-6-2-18)36-21-10-20(13-33-14-21)25-12-23-28(17-35-25)38-39-30(23)26-11-22-24(15-34-16-27(22)37-26)19-3-7-32-8-4-19/h3-4,7-8,10-18,31,37H,1-2,5-6,9H2,(H,36,40)(H,38,39). The third-order valence-corrected chi connectivity index (χ3v) is 7.49. The number of carbonyl (C=O) groups is 1. The van der Waals surface area contributed by atoms with Gasteiger partial charge in [-0.05, 0) is 67.7 Å². The normalized spacial score (nSPS) is 14.1. The lowest BCUT2D eigenvalue weighted by molar-refractivity contribution is -0.117. The summed E-state index contributed by atoms with van der Waals surface area (Å²) in [6, 6.07) is 9.96. The van der Waals surface area contributed by atoms with Crippen LogP contribution in [0.4, 0.5) is 5.69 Å². The van der Waals surface area contributed by atoms with Gasteiger partial charge in [0, 0.05) is 53.1 Å². The molecule has 1 aliphatic heterocycles. The molecule has 0 aromatic carbocycles. The molecule has 6 aromatic heterocycles. The average Bonchev–Trinajstić information content (AvgIpc) is 3.62. The SMILES string of the molecule is O=C(CC1CCNCC1)Nc1cncc(-c2cc3c(-c4cc5c(-c6ccncc6)cncc5[nH]4)n[nH]c3cn2)c1. The highest BCUT2D eigenvalue weighted by atomic mass is 16.1. The van der Waals surface area contributed by atoms with Crippen molar-refractivity contribution in [3.05, 3.63) is 73.7 Å². The van der Waals surface area contributed by atoms with E-state index in [1.54, 1.807) is 31.0 Å². The molecule has 1 aliphatic rings. The predicted molar refractivity (Wildman–Crippen MR) is 154 cm³/mol. The van der Waals surface area contributed by atoms with Gasteiger partial charge >= 0.3 is 0 Å². The third-order valence-electron chi connectivity index (χ3n) is 7.49. The van der Waals surface area contributed by atoms with Gasteiger partial charge in [0.2, 0.25) is 5.91 Å². The molecule has 10 heteroatoms. The second-order valence-corrected chi connectivity index (χ2v) is 10.2. The molecule has 1 saturated heterocycles. The van der Waals surface area contributed by atoms with E-state index >= 15 is 0 Å². The number of pyridine rings is 4. The molecule has 1 fully saturated rings. The molecule has 7 rings (SSSR count). The fourth-order valence-electron chi connectivity index (χ4n) is 5.43. The number of anilines is 1. The number of nitrogens with one attached hydrogen (secondary N) is 4. The Balaban J connectivity index is 1.19. The Labute approximate surface area is 229 Å². The lowest BCUT2D eigenvalue weighted by Gasteiger charge is -2.21. The maximum atomic E-state index is 12.7. The molecule has 7 heterocycles. The number of carbonyl (C=O) groups excluding carboxylic acids is 1. The number of piperidine rings is 1. The minimum atomic E-state index is 0.0193. The lowest BCUT2D eigenvalue weighted by Crippen LogP contribution is -2.30. The Bertz CT molecular complexity index is 1820. The van der Waals surface area contributed by atoms with Crippen molar-refractivity contribution in [1.29, 1.82) is 0 Å². The molecule has 0 spiro atoms. The Morgan fingerprint density at radius 3 is 2.60 bits per heavy atom. The van der Waals surface area contributed by atoms with Crippen LogP contribution in [0, 0.1) is 5.92 Å². The first-order valence-electron chi connectivity index (χ1n) is 13.4. The fraction of sp³-hybridized carbons (Fsp3) is 0.200. The number of amides is 1. The fourth-order valence-corrected chi connectivity index (χ4v) is 5.43. The van der Waals surface area contributed by atoms with Crippen LogP contribution < -0.4 is 10.6 Å². The van der Waals surface area contributed by atoms with Crippen LogP contribution in [-0.2, 0) is 4.79 Å². The van der Waals surface area contributed by atoms with E-state index in [1.165, 1.54) is 0 Å². The molecule has 6 aromatic rings. The number of hydrogen-bond acceptors (Lipinski definition) is 7. The molecule has 0 saturated carbocycles. The van der Waals surface area contributed by atoms with Crippen molar-refractivity contribution in [1.82, 2.24) is 40.4 Å². The van der Waals surface area contributed by atoms with Crippen LogP contribution in [0.25, 0.3) is 55.6 Å². The van der Waals surface area contributed by atoms with Gasteiger partial charge in [-0.25, -0.2) is 0 Å². The maximum absolute atomic E-state index is 12.7. The Kier molecular flexibility index (Phi) is 6.21. The zero-order valence-electron chi connectivity index (χ0n) is 21.7. The third kappa shape index (κ3) is 4.69. The first-order chi connectivity index (χ1) is 19.7. The zero-order valence-corrected chi connectivity index (χ0v) is 21.7. The first-order valence-corrected chi connectivity index (χ1v) is 13.4. The van der Waals surface area contributed by atoms with E-state index < -0.39 is 0 Å². The van der Waals surface area contributed by atoms with E-state index in [1.807, 2.05) is 36.7 Å². The van der Waals surface area contributed by atoms with Crippen LogP contribution in [0.15, 0.2) is 73.7 Å². The van der Waals surface area contributed by atoms with Crippen molar-refractivity contribution in [2.75, 3.05) is 18.4 Å². The van der Waals surface area contributed by atoms with Crippen molar-refractivity contribution in [3.63, 3.8) is 0 Å². The zero-order chi connectivity index (χ0) is 26.9. The summed E-state index contributed by atoms with van der Waals surface area (Å²) in [4.78, 5) is 33.7. The summed E-state index contributed by atoms with van der Waals surface area (Å²) in [6.07, 6.45) is 15.0. The van der Waals surface area contributed by atoms with E-state index in [4.69, 9.17) is 0 Å². The van der Waals surface area contributed by atoms with E-state index in [-0.39, 0.29) is 5.91 Å². The number of hydrogen-bond donors (Lipinski definition) is 4. The van der Waals surface area contributed by atoms with Gasteiger partial charge in [-0.2, -0.15) is 5.10 Å². The Morgan fingerprint density at radius 1 is 0.875 bits per heavy atom. The van der Waals surface area contributed by atoms with Crippen LogP contribution in [0.2, 0.25) is 0 Å². The van der Waals surface area contributed by atoms with Crippen LogP contribution >= 0.6 is 0 Å². The number of aromatic amines is 2. The minimum absolute atomic E-state index is 0.0193. The van der Waals surface area contributed by atoms with Crippen LogP contribution in [0.5, 0.6) is 0 Å². The van der Waals surface area contributed by atoms with Gasteiger partial charge in [-0.3, -0.25) is 29.8 Å². The highest BCUT2D eigenvalue weighted by Gasteiger charge is 2.18. The number of rotatable bonds is 6. The average molecular weight is 530 g/mol. The van der Waals surface area contributed by atoms with Crippen molar-refractivity contribution < 1.29 is 4.79 Å². The molecule has 0 aliphatic carbocycles. The first kappa shape index (κ1) is 24.1. The van der Waals surface area contributed by atoms with Crippen LogP contribution in [0.1, 0.15) is 19.3 Å². The van der Waals surface area contributed by atoms with E-state index in [2.05, 4.69) is 51.8 Å². The molecule has 1 amide bonds. The predicted octanol–water partition coefficient (Wildman–Crippen LogP) is 4.95. The van der Waals surface area contributed by atoms with Crippen LogP contribution in [0.3, 0.4) is 0 Å². The second kappa shape index (κ2) is 10.3. The number of H-pyrrole nitrogens is 2. The molecule has 0 unspecified atom stereocenters. The number of nitrogens with zero attached hydrogens (tertiary/aromatic N) is 5. The quantitative estimate of drug-likeness (QED) is 0.239. The topological polar surface area (TPSA) is 137 Å². The monoisotopic (exact) mass is 529 g/mol. The summed E-state index contributed by atoms with van der Waals surface area (Å²) < 4.78 is 0. The smallest absolute Gasteiger partial charge is 0.224 e. The van der Waals surface area contributed by atoms with Crippen LogP contribution in [-0.4, -0.2) is 54.1 Å². The summed E-state index contributed by atoms with van der Waals surface area (Å²) in [5.74, 6) is 0.438. The van der Waals surface area contributed by atoms with E-state index in [9.17, 15) is 4.79 Å². The molecule has 198 valence electrons. The van der Waals surface area contributed by atoms with Gasteiger partial charge in [-0.1, -0.05) is 0 Å². The molecular weight excluding hydrogens is 502 g/mol. The molecule has 0 bridgehead atoms. The number of aromatic nitrogens is 7. The molecule has 0 radical (unpaired) electrons. The summed E-state index contributed by atoms with van der Waals surface area (Å²) >= 11 is 0. The molecular formula is C30H27N9O. The Morgan fingerprint density at radius 2 is 1.73 bits per heavy atom. The minimum Gasteiger partial charge on any atom is -0.352 e. The van der Waals surface area contributed by atoms with Gasteiger partial charge in [0.15, 0.2) is 0 Å². The van der Waals surface area contributed by atoms with Crippen molar-refractivity contribution in [3.8, 4) is 33.8 Å². The van der Waals surface area contributed by atoms with Crippen molar-refractivity contribution in [2.45, 2.75) is 19.3 Å². The summed E-state index contributed by atoms with van der Waals surface area (Å²) in [5.41, 5.74) is 7.70.